The number of anilines is 1. The lowest BCUT2D eigenvalue weighted by atomic mass is 10.0. The average molecular weight is 355 g/mol. The molecule has 7 heteroatoms. The van der Waals surface area contributed by atoms with Crippen LogP contribution in [0, 0.1) is 5.92 Å². The van der Waals surface area contributed by atoms with Gasteiger partial charge in [0.2, 0.25) is 5.91 Å². The Morgan fingerprint density at radius 1 is 1.31 bits per heavy atom. The summed E-state index contributed by atoms with van der Waals surface area (Å²) in [7, 11) is 0. The maximum absolute atomic E-state index is 12.5. The van der Waals surface area contributed by atoms with E-state index >= 15 is 0 Å². The van der Waals surface area contributed by atoms with Crippen molar-refractivity contribution in [2.45, 2.75) is 38.3 Å². The van der Waals surface area contributed by atoms with E-state index in [1.54, 1.807) is 36.8 Å². The number of nitrogens with one attached hydrogen (secondary N) is 2. The highest BCUT2D eigenvalue weighted by molar-refractivity contribution is 5.97. The molecule has 1 saturated carbocycles. The fourth-order valence-corrected chi connectivity index (χ4v) is 3.37. The Morgan fingerprint density at radius 2 is 2.19 bits per heavy atom. The van der Waals surface area contributed by atoms with E-state index in [-0.39, 0.29) is 17.9 Å². The molecule has 7 nitrogen and oxygen atoms in total. The Kier molecular flexibility index (Phi) is 6.01. The third-order valence-corrected chi connectivity index (χ3v) is 4.84. The van der Waals surface area contributed by atoms with Gasteiger partial charge in [-0.1, -0.05) is 12.5 Å². The van der Waals surface area contributed by atoms with Crippen LogP contribution in [0.15, 0.2) is 43.0 Å². The van der Waals surface area contributed by atoms with Crippen molar-refractivity contribution in [1.29, 1.82) is 0 Å². The van der Waals surface area contributed by atoms with Crippen LogP contribution in [0.2, 0.25) is 0 Å². The number of benzene rings is 1. The number of rotatable bonds is 7. The second-order valence-electron chi connectivity index (χ2n) is 6.69. The lowest BCUT2D eigenvalue weighted by molar-refractivity contribution is -0.116. The van der Waals surface area contributed by atoms with Crippen LogP contribution in [0.4, 0.5) is 5.69 Å². The van der Waals surface area contributed by atoms with E-state index in [4.69, 9.17) is 5.73 Å². The fourth-order valence-electron chi connectivity index (χ4n) is 3.37. The van der Waals surface area contributed by atoms with Gasteiger partial charge in [-0.15, -0.1) is 0 Å². The van der Waals surface area contributed by atoms with Gasteiger partial charge in [-0.25, -0.2) is 4.98 Å². The Bertz CT molecular complexity index is 744. The molecular weight excluding hydrogens is 330 g/mol. The molecule has 2 aromatic rings. The van der Waals surface area contributed by atoms with Crippen molar-refractivity contribution < 1.29 is 9.59 Å². The predicted molar refractivity (Wildman–Crippen MR) is 99.6 cm³/mol. The molecule has 0 radical (unpaired) electrons. The van der Waals surface area contributed by atoms with Crippen molar-refractivity contribution in [3.63, 3.8) is 0 Å². The highest BCUT2D eigenvalue weighted by atomic mass is 16.2. The molecule has 0 aliphatic heterocycles. The van der Waals surface area contributed by atoms with Crippen LogP contribution in [-0.4, -0.2) is 34.0 Å². The second-order valence-corrected chi connectivity index (χ2v) is 6.69. The molecule has 0 bridgehead atoms. The average Bonchev–Trinajstić information content (AvgIpc) is 3.31. The number of amides is 2. The molecule has 4 N–H and O–H groups in total. The van der Waals surface area contributed by atoms with E-state index in [0.29, 0.717) is 36.7 Å². The topological polar surface area (TPSA) is 102 Å². The smallest absolute Gasteiger partial charge is 0.251 e. The first-order valence-electron chi connectivity index (χ1n) is 9.02. The first-order chi connectivity index (χ1) is 12.7. The summed E-state index contributed by atoms with van der Waals surface area (Å²) < 4.78 is 1.85. The van der Waals surface area contributed by atoms with Crippen molar-refractivity contribution in [3.8, 4) is 0 Å². The number of aromatic nitrogens is 2. The summed E-state index contributed by atoms with van der Waals surface area (Å²) >= 11 is 0. The number of hydrogen-bond acceptors (Lipinski definition) is 4. The molecule has 0 saturated heterocycles. The number of nitrogens with zero attached hydrogens (tertiary/aromatic N) is 2. The molecule has 26 heavy (non-hydrogen) atoms. The van der Waals surface area contributed by atoms with Gasteiger partial charge < -0.3 is 20.9 Å². The lowest BCUT2D eigenvalue weighted by Crippen LogP contribution is -2.39. The zero-order valence-corrected chi connectivity index (χ0v) is 14.7. The largest absolute Gasteiger partial charge is 0.349 e. The van der Waals surface area contributed by atoms with Gasteiger partial charge in [-0.05, 0) is 43.5 Å². The van der Waals surface area contributed by atoms with Crippen LogP contribution in [0.25, 0.3) is 0 Å². The van der Waals surface area contributed by atoms with Crippen molar-refractivity contribution in [2.24, 2.45) is 11.7 Å². The highest BCUT2D eigenvalue weighted by Gasteiger charge is 2.27. The fraction of sp³-hybridized carbons (Fsp3) is 0.421. The maximum atomic E-state index is 12.5. The van der Waals surface area contributed by atoms with Gasteiger partial charge in [0, 0.05) is 42.7 Å². The number of carbonyl (C=O) groups excluding carboxylic acids is 2. The maximum Gasteiger partial charge on any atom is 0.251 e. The molecule has 2 unspecified atom stereocenters. The molecule has 1 aliphatic rings. The normalized spacial score (nSPS) is 19.3. The summed E-state index contributed by atoms with van der Waals surface area (Å²) in [5.41, 5.74) is 6.94. The SMILES string of the molecule is NCC1CCCC1NC(=O)c1cccc(NC(=O)CCn2ccnc2)c1. The number of nitrogens with two attached hydrogens (primary N) is 1. The van der Waals surface area contributed by atoms with Crippen LogP contribution >= 0.6 is 0 Å². The summed E-state index contributed by atoms with van der Waals surface area (Å²) in [6.45, 7) is 1.16. The number of imidazole rings is 1. The first-order valence-corrected chi connectivity index (χ1v) is 9.02. The van der Waals surface area contributed by atoms with Gasteiger partial charge in [0.05, 0.1) is 6.33 Å². The predicted octanol–water partition coefficient (Wildman–Crippen LogP) is 1.77. The third kappa shape index (κ3) is 4.70. The van der Waals surface area contributed by atoms with E-state index in [1.165, 1.54) is 0 Å². The summed E-state index contributed by atoms with van der Waals surface area (Å²) in [5, 5.41) is 5.92. The van der Waals surface area contributed by atoms with Gasteiger partial charge in [-0.3, -0.25) is 9.59 Å². The van der Waals surface area contributed by atoms with E-state index in [1.807, 2.05) is 10.8 Å². The van der Waals surface area contributed by atoms with Gasteiger partial charge in [0.1, 0.15) is 0 Å². The molecule has 3 rings (SSSR count). The zero-order valence-electron chi connectivity index (χ0n) is 14.7. The van der Waals surface area contributed by atoms with Gasteiger partial charge in [-0.2, -0.15) is 0 Å². The van der Waals surface area contributed by atoms with Crippen LogP contribution < -0.4 is 16.4 Å². The van der Waals surface area contributed by atoms with Crippen LogP contribution in [0.3, 0.4) is 0 Å². The second kappa shape index (κ2) is 8.62. The molecule has 1 aromatic carbocycles. The summed E-state index contributed by atoms with van der Waals surface area (Å²) in [6, 6.07) is 7.15. The van der Waals surface area contributed by atoms with Gasteiger partial charge in [0.15, 0.2) is 0 Å². The van der Waals surface area contributed by atoms with Crippen molar-refractivity contribution in [3.05, 3.63) is 48.5 Å². The molecule has 138 valence electrons. The minimum Gasteiger partial charge on any atom is -0.349 e. The Hall–Kier alpha value is -2.67. The molecule has 2 atom stereocenters. The molecule has 1 aliphatic carbocycles. The first kappa shape index (κ1) is 18.1. The summed E-state index contributed by atoms with van der Waals surface area (Å²) in [5.74, 6) is 0.130. The third-order valence-electron chi connectivity index (χ3n) is 4.84. The monoisotopic (exact) mass is 355 g/mol. The van der Waals surface area contributed by atoms with E-state index in [2.05, 4.69) is 15.6 Å². The number of aryl methyl sites for hydroxylation is 1. The number of hydrogen-bond donors (Lipinski definition) is 3. The quantitative estimate of drug-likeness (QED) is 0.704. The van der Waals surface area contributed by atoms with Crippen LogP contribution in [0.1, 0.15) is 36.0 Å². The van der Waals surface area contributed by atoms with Gasteiger partial charge >= 0.3 is 0 Å². The standard InChI is InChI=1S/C19H25N5O2/c20-12-15-4-2-6-17(15)23-19(26)14-3-1-5-16(11-14)22-18(25)7-9-24-10-8-21-13-24/h1,3,5,8,10-11,13,15,17H,2,4,6-7,9,12,20H2,(H,22,25)(H,23,26). The van der Waals surface area contributed by atoms with E-state index < -0.39 is 0 Å². The molecule has 2 amide bonds. The highest BCUT2D eigenvalue weighted by Crippen LogP contribution is 2.25. The Balaban J connectivity index is 1.55. The Morgan fingerprint density at radius 3 is 2.96 bits per heavy atom. The minimum atomic E-state index is -0.120. The van der Waals surface area contributed by atoms with Gasteiger partial charge in [0.25, 0.3) is 5.91 Å². The molecule has 1 aromatic heterocycles. The zero-order chi connectivity index (χ0) is 18.4. The Labute approximate surface area is 153 Å². The molecular formula is C19H25N5O2. The molecule has 1 heterocycles. The summed E-state index contributed by atoms with van der Waals surface area (Å²) in [4.78, 5) is 28.5. The van der Waals surface area contributed by atoms with Crippen molar-refractivity contribution in [1.82, 2.24) is 14.9 Å². The van der Waals surface area contributed by atoms with E-state index in [0.717, 1.165) is 19.3 Å². The van der Waals surface area contributed by atoms with Crippen molar-refractivity contribution >= 4 is 17.5 Å². The summed E-state index contributed by atoms with van der Waals surface area (Å²) in [6.07, 6.45) is 8.64. The molecule has 1 fully saturated rings. The lowest BCUT2D eigenvalue weighted by Gasteiger charge is -2.19. The van der Waals surface area contributed by atoms with Crippen molar-refractivity contribution in [2.75, 3.05) is 11.9 Å². The van der Waals surface area contributed by atoms with E-state index in [9.17, 15) is 9.59 Å². The molecule has 0 spiro atoms. The number of carbonyl (C=O) groups is 2. The van der Waals surface area contributed by atoms with Crippen LogP contribution in [-0.2, 0) is 11.3 Å². The minimum absolute atomic E-state index is 0.102. The van der Waals surface area contributed by atoms with Crippen LogP contribution in [0.5, 0.6) is 0 Å².